The number of hydrogen-bond acceptors (Lipinski definition) is 4. The molecule has 3 aromatic carbocycles. The Morgan fingerprint density at radius 2 is 1.86 bits per heavy atom. The van der Waals surface area contributed by atoms with E-state index >= 15 is 0 Å². The van der Waals surface area contributed by atoms with Gasteiger partial charge in [-0.1, -0.05) is 53.0 Å². The van der Waals surface area contributed by atoms with E-state index in [9.17, 15) is 9.59 Å². The van der Waals surface area contributed by atoms with Crippen LogP contribution in [0.1, 0.15) is 30.9 Å². The lowest BCUT2D eigenvalue weighted by Gasteiger charge is -2.33. The fourth-order valence-electron chi connectivity index (χ4n) is 3.75. The molecule has 0 saturated carbocycles. The van der Waals surface area contributed by atoms with Gasteiger partial charge in [0.25, 0.3) is 5.91 Å². The lowest BCUT2D eigenvalue weighted by Crippen LogP contribution is -2.44. The van der Waals surface area contributed by atoms with Gasteiger partial charge in [-0.15, -0.1) is 0 Å². The van der Waals surface area contributed by atoms with Crippen molar-refractivity contribution in [2.24, 2.45) is 0 Å². The van der Waals surface area contributed by atoms with Crippen LogP contribution in [0.25, 0.3) is 0 Å². The fourth-order valence-corrected chi connectivity index (χ4v) is 4.22. The van der Waals surface area contributed by atoms with E-state index in [0.29, 0.717) is 52.5 Å². The summed E-state index contributed by atoms with van der Waals surface area (Å²) >= 11 is 12.0. The van der Waals surface area contributed by atoms with Crippen molar-refractivity contribution in [2.75, 3.05) is 16.8 Å². The van der Waals surface area contributed by atoms with Crippen LogP contribution in [-0.4, -0.2) is 24.5 Å². The van der Waals surface area contributed by atoms with Gasteiger partial charge in [-0.3, -0.25) is 9.59 Å². The van der Waals surface area contributed by atoms with Crippen LogP contribution >= 0.6 is 23.2 Å². The van der Waals surface area contributed by atoms with Gasteiger partial charge in [-0.25, -0.2) is 0 Å². The Morgan fingerprint density at radius 1 is 1.09 bits per heavy atom. The fraction of sp³-hybridized carbons (Fsp3) is 0.259. The number of nitrogens with zero attached hydrogens (tertiary/aromatic N) is 1. The van der Waals surface area contributed by atoms with Gasteiger partial charge in [0.2, 0.25) is 5.91 Å². The lowest BCUT2D eigenvalue weighted by atomic mass is 10.1. The van der Waals surface area contributed by atoms with Crippen LogP contribution in [0.15, 0.2) is 60.7 Å². The standard InChI is InChI=1S/C27H26Cl2N2O4/c1-17-5-7-19(8-6-17)16-31-23-15-21(10-12-25(23)35-18(2)27(31)33)30-26(32)4-3-13-34-24-11-9-20(28)14-22(24)29/h5-12,14-15,18H,3-4,13,16H2,1-2H3,(H,30,32). The van der Waals surface area contributed by atoms with Crippen LogP contribution in [0, 0.1) is 6.92 Å². The number of anilines is 2. The molecule has 8 heteroatoms. The summed E-state index contributed by atoms with van der Waals surface area (Å²) in [7, 11) is 0. The number of aryl methyl sites for hydroxylation is 1. The molecule has 182 valence electrons. The van der Waals surface area contributed by atoms with Gasteiger partial charge in [0, 0.05) is 17.1 Å². The molecule has 0 aliphatic carbocycles. The van der Waals surface area contributed by atoms with E-state index in [1.165, 1.54) is 0 Å². The normalized spacial score (nSPS) is 14.8. The SMILES string of the molecule is Cc1ccc(CN2C(=O)C(C)Oc3ccc(NC(=O)CCCOc4ccc(Cl)cc4Cl)cc32)cc1. The average Bonchev–Trinajstić information content (AvgIpc) is 2.82. The number of amides is 2. The molecule has 0 fully saturated rings. The number of rotatable bonds is 8. The molecule has 0 radical (unpaired) electrons. The third-order valence-electron chi connectivity index (χ3n) is 5.61. The molecule has 1 N–H and O–H groups in total. The summed E-state index contributed by atoms with van der Waals surface area (Å²) in [4.78, 5) is 27.1. The van der Waals surface area contributed by atoms with E-state index in [1.54, 1.807) is 48.2 Å². The molecule has 0 aromatic heterocycles. The molecule has 1 aliphatic rings. The number of nitrogens with one attached hydrogen (secondary N) is 1. The monoisotopic (exact) mass is 512 g/mol. The molecule has 0 spiro atoms. The number of carbonyl (C=O) groups excluding carboxylic acids is 2. The molecule has 4 rings (SSSR count). The van der Waals surface area contributed by atoms with Crippen LogP contribution in [0.4, 0.5) is 11.4 Å². The molecule has 1 atom stereocenters. The van der Waals surface area contributed by atoms with Crippen molar-refractivity contribution >= 4 is 46.4 Å². The summed E-state index contributed by atoms with van der Waals surface area (Å²) in [5.41, 5.74) is 3.39. The lowest BCUT2D eigenvalue weighted by molar-refractivity contribution is -0.125. The molecule has 3 aromatic rings. The van der Waals surface area contributed by atoms with E-state index in [-0.39, 0.29) is 18.2 Å². The minimum absolute atomic E-state index is 0.125. The highest BCUT2D eigenvalue weighted by atomic mass is 35.5. The highest BCUT2D eigenvalue weighted by molar-refractivity contribution is 6.35. The Morgan fingerprint density at radius 3 is 2.60 bits per heavy atom. The maximum absolute atomic E-state index is 12.9. The minimum atomic E-state index is -0.581. The predicted molar refractivity (Wildman–Crippen MR) is 139 cm³/mol. The molecule has 1 heterocycles. The number of hydrogen-bond donors (Lipinski definition) is 1. The maximum Gasteiger partial charge on any atom is 0.268 e. The Bertz CT molecular complexity index is 1230. The first kappa shape index (κ1) is 24.9. The summed E-state index contributed by atoms with van der Waals surface area (Å²) in [6.07, 6.45) is 0.193. The van der Waals surface area contributed by atoms with E-state index in [4.69, 9.17) is 32.7 Å². The molecule has 2 amide bonds. The van der Waals surface area contributed by atoms with Crippen LogP contribution in [0.3, 0.4) is 0 Å². The molecule has 35 heavy (non-hydrogen) atoms. The van der Waals surface area contributed by atoms with E-state index < -0.39 is 6.10 Å². The Labute approximate surface area is 214 Å². The van der Waals surface area contributed by atoms with Gasteiger partial charge >= 0.3 is 0 Å². The van der Waals surface area contributed by atoms with Gasteiger partial charge in [0.1, 0.15) is 11.5 Å². The largest absolute Gasteiger partial charge is 0.492 e. The van der Waals surface area contributed by atoms with Crippen LogP contribution in [0.2, 0.25) is 10.0 Å². The first-order valence-corrected chi connectivity index (χ1v) is 12.1. The second-order valence-electron chi connectivity index (χ2n) is 8.43. The quantitative estimate of drug-likeness (QED) is 0.354. The van der Waals surface area contributed by atoms with Crippen molar-refractivity contribution in [3.8, 4) is 11.5 Å². The first-order valence-electron chi connectivity index (χ1n) is 11.4. The summed E-state index contributed by atoms with van der Waals surface area (Å²) in [6, 6.07) is 18.4. The third-order valence-corrected chi connectivity index (χ3v) is 6.14. The first-order chi connectivity index (χ1) is 16.8. The minimum Gasteiger partial charge on any atom is -0.492 e. The van der Waals surface area contributed by atoms with E-state index in [2.05, 4.69) is 5.32 Å². The molecular weight excluding hydrogens is 487 g/mol. The van der Waals surface area contributed by atoms with Gasteiger partial charge < -0.3 is 19.7 Å². The smallest absolute Gasteiger partial charge is 0.268 e. The molecule has 6 nitrogen and oxygen atoms in total. The molecular formula is C27H26Cl2N2O4. The van der Waals surface area contributed by atoms with Crippen molar-refractivity contribution in [2.45, 2.75) is 39.3 Å². The summed E-state index contributed by atoms with van der Waals surface area (Å²) in [6.45, 7) is 4.52. The highest BCUT2D eigenvalue weighted by Crippen LogP contribution is 2.37. The number of benzene rings is 3. The molecule has 0 saturated heterocycles. The number of carbonyl (C=O) groups is 2. The second-order valence-corrected chi connectivity index (χ2v) is 9.27. The third kappa shape index (κ3) is 6.27. The van der Waals surface area contributed by atoms with Crippen LogP contribution in [-0.2, 0) is 16.1 Å². The summed E-state index contributed by atoms with van der Waals surface area (Å²) in [5.74, 6) is 0.853. The predicted octanol–water partition coefficient (Wildman–Crippen LogP) is 6.41. The van der Waals surface area contributed by atoms with Crippen molar-refractivity contribution in [1.82, 2.24) is 0 Å². The van der Waals surface area contributed by atoms with Gasteiger partial charge in [0.05, 0.1) is 23.9 Å². The molecule has 1 aliphatic heterocycles. The zero-order chi connectivity index (χ0) is 24.9. The van der Waals surface area contributed by atoms with Crippen LogP contribution in [0.5, 0.6) is 11.5 Å². The van der Waals surface area contributed by atoms with E-state index in [0.717, 1.165) is 11.1 Å². The van der Waals surface area contributed by atoms with Crippen molar-refractivity contribution in [3.05, 3.63) is 81.8 Å². The van der Waals surface area contributed by atoms with Gasteiger partial charge in [-0.05, 0) is 62.2 Å². The highest BCUT2D eigenvalue weighted by Gasteiger charge is 2.31. The van der Waals surface area contributed by atoms with Crippen molar-refractivity contribution in [3.63, 3.8) is 0 Å². The van der Waals surface area contributed by atoms with Gasteiger partial charge in [-0.2, -0.15) is 0 Å². The molecule has 1 unspecified atom stereocenters. The van der Waals surface area contributed by atoms with Crippen LogP contribution < -0.4 is 19.7 Å². The van der Waals surface area contributed by atoms with Gasteiger partial charge in [0.15, 0.2) is 6.10 Å². The average molecular weight is 513 g/mol. The Kier molecular flexibility index (Phi) is 7.83. The number of ether oxygens (including phenoxy) is 2. The topological polar surface area (TPSA) is 67.9 Å². The molecule has 0 bridgehead atoms. The number of halogens is 2. The van der Waals surface area contributed by atoms with Crippen molar-refractivity contribution in [1.29, 1.82) is 0 Å². The zero-order valence-corrected chi connectivity index (χ0v) is 21.0. The second kappa shape index (κ2) is 11.0. The van der Waals surface area contributed by atoms with Crippen molar-refractivity contribution < 1.29 is 19.1 Å². The summed E-state index contributed by atoms with van der Waals surface area (Å²) < 4.78 is 11.4. The maximum atomic E-state index is 12.9. The zero-order valence-electron chi connectivity index (χ0n) is 19.5. The Balaban J connectivity index is 1.38. The Hall–Kier alpha value is -3.22. The van der Waals surface area contributed by atoms with E-state index in [1.807, 2.05) is 31.2 Å². The number of fused-ring (bicyclic) bond motifs is 1. The summed E-state index contributed by atoms with van der Waals surface area (Å²) in [5, 5.41) is 3.86.